The van der Waals surface area contributed by atoms with Gasteiger partial charge >= 0.3 is 0 Å². The number of morpholine rings is 1. The van der Waals surface area contributed by atoms with Crippen molar-refractivity contribution < 1.29 is 14.3 Å². The second-order valence-electron chi connectivity index (χ2n) is 6.75. The summed E-state index contributed by atoms with van der Waals surface area (Å²) in [6, 6.07) is 16.0. The average Bonchev–Trinajstić information content (AvgIpc) is 2.68. The smallest absolute Gasteiger partial charge is 0.236 e. The number of amides is 1. The number of carbonyl (C=O) groups excluding carboxylic acids is 1. The molecule has 2 aromatic carbocycles. The zero-order chi connectivity index (χ0) is 19.2. The van der Waals surface area contributed by atoms with Crippen LogP contribution in [0.2, 0.25) is 0 Å². The highest BCUT2D eigenvalue weighted by Crippen LogP contribution is 2.24. The van der Waals surface area contributed by atoms with Gasteiger partial charge in [0, 0.05) is 31.2 Å². The molecular formula is C21H25BrN2O3. The standard InChI is InChI=1S/C21H25BrN2O3/c1-23(13-16-5-3-8-19(11-16)26-2)21(25)15-24-9-10-27-20(14-24)17-6-4-7-18(22)12-17/h3-8,11-12,20H,9-10,13-15H2,1-2H3. The summed E-state index contributed by atoms with van der Waals surface area (Å²) in [7, 11) is 3.49. The molecule has 0 aromatic heterocycles. The van der Waals surface area contributed by atoms with Gasteiger partial charge in [-0.2, -0.15) is 0 Å². The summed E-state index contributed by atoms with van der Waals surface area (Å²) >= 11 is 3.51. The van der Waals surface area contributed by atoms with Crippen LogP contribution in [0.15, 0.2) is 53.0 Å². The first-order chi connectivity index (χ1) is 13.0. The fourth-order valence-corrected chi connectivity index (χ4v) is 3.62. The van der Waals surface area contributed by atoms with Gasteiger partial charge in [0.25, 0.3) is 0 Å². The van der Waals surface area contributed by atoms with Crippen LogP contribution >= 0.6 is 15.9 Å². The Morgan fingerprint density at radius 2 is 2.11 bits per heavy atom. The van der Waals surface area contributed by atoms with E-state index in [-0.39, 0.29) is 12.0 Å². The van der Waals surface area contributed by atoms with E-state index in [4.69, 9.17) is 9.47 Å². The van der Waals surface area contributed by atoms with Crippen molar-refractivity contribution in [2.24, 2.45) is 0 Å². The number of carbonyl (C=O) groups is 1. The molecule has 1 amide bonds. The Balaban J connectivity index is 1.56. The summed E-state index contributed by atoms with van der Waals surface area (Å²) in [5, 5.41) is 0. The predicted octanol–water partition coefficient (Wildman–Crippen LogP) is 3.49. The molecule has 5 nitrogen and oxygen atoms in total. The summed E-state index contributed by atoms with van der Waals surface area (Å²) in [4.78, 5) is 16.6. The first kappa shape index (κ1) is 19.9. The number of rotatable bonds is 6. The molecule has 27 heavy (non-hydrogen) atoms. The first-order valence-electron chi connectivity index (χ1n) is 9.01. The lowest BCUT2D eigenvalue weighted by molar-refractivity contribution is -0.133. The van der Waals surface area contributed by atoms with Gasteiger partial charge in [0.05, 0.1) is 26.4 Å². The van der Waals surface area contributed by atoms with Crippen molar-refractivity contribution in [1.82, 2.24) is 9.80 Å². The maximum Gasteiger partial charge on any atom is 0.236 e. The van der Waals surface area contributed by atoms with Crippen molar-refractivity contribution in [3.8, 4) is 5.75 Å². The molecular weight excluding hydrogens is 408 g/mol. The molecule has 1 saturated heterocycles. The van der Waals surface area contributed by atoms with Gasteiger partial charge < -0.3 is 14.4 Å². The summed E-state index contributed by atoms with van der Waals surface area (Å²) < 4.78 is 12.2. The van der Waals surface area contributed by atoms with Crippen LogP contribution in [-0.4, -0.2) is 56.1 Å². The summed E-state index contributed by atoms with van der Waals surface area (Å²) in [5.74, 6) is 0.908. The van der Waals surface area contributed by atoms with E-state index in [1.165, 1.54) is 0 Å². The normalized spacial score (nSPS) is 17.5. The van der Waals surface area contributed by atoms with Gasteiger partial charge in [0.15, 0.2) is 0 Å². The highest BCUT2D eigenvalue weighted by molar-refractivity contribution is 9.10. The zero-order valence-corrected chi connectivity index (χ0v) is 17.3. The number of hydrogen-bond donors (Lipinski definition) is 0. The van der Waals surface area contributed by atoms with Crippen LogP contribution in [0.25, 0.3) is 0 Å². The Hall–Kier alpha value is -1.89. The molecule has 1 heterocycles. The van der Waals surface area contributed by atoms with Crippen LogP contribution in [0.5, 0.6) is 5.75 Å². The van der Waals surface area contributed by atoms with Crippen molar-refractivity contribution in [1.29, 1.82) is 0 Å². The fraction of sp³-hybridized carbons (Fsp3) is 0.381. The van der Waals surface area contributed by atoms with Gasteiger partial charge in [0.2, 0.25) is 5.91 Å². The number of hydrogen-bond acceptors (Lipinski definition) is 4. The van der Waals surface area contributed by atoms with Crippen LogP contribution in [0.4, 0.5) is 0 Å². The zero-order valence-electron chi connectivity index (χ0n) is 15.7. The molecule has 1 fully saturated rings. The van der Waals surface area contributed by atoms with E-state index >= 15 is 0 Å². The van der Waals surface area contributed by atoms with Gasteiger partial charge in [0.1, 0.15) is 5.75 Å². The molecule has 0 bridgehead atoms. The van der Waals surface area contributed by atoms with E-state index in [1.807, 2.05) is 43.4 Å². The van der Waals surface area contributed by atoms with E-state index in [1.54, 1.807) is 12.0 Å². The van der Waals surface area contributed by atoms with E-state index in [2.05, 4.69) is 33.0 Å². The summed E-state index contributed by atoms with van der Waals surface area (Å²) in [6.07, 6.45) is -0.00672. The van der Waals surface area contributed by atoms with E-state index in [9.17, 15) is 4.79 Å². The third-order valence-electron chi connectivity index (χ3n) is 4.71. The highest BCUT2D eigenvalue weighted by Gasteiger charge is 2.24. The van der Waals surface area contributed by atoms with Crippen molar-refractivity contribution in [2.75, 3.05) is 40.4 Å². The van der Waals surface area contributed by atoms with Crippen molar-refractivity contribution in [2.45, 2.75) is 12.6 Å². The maximum absolute atomic E-state index is 12.7. The fourth-order valence-electron chi connectivity index (χ4n) is 3.20. The predicted molar refractivity (Wildman–Crippen MR) is 109 cm³/mol. The lowest BCUT2D eigenvalue weighted by Gasteiger charge is -2.33. The molecule has 1 atom stereocenters. The molecule has 0 saturated carbocycles. The molecule has 3 rings (SSSR count). The lowest BCUT2D eigenvalue weighted by atomic mass is 10.1. The Bertz CT molecular complexity index is 784. The Kier molecular flexibility index (Phi) is 6.88. The quantitative estimate of drug-likeness (QED) is 0.700. The molecule has 2 aromatic rings. The van der Waals surface area contributed by atoms with E-state index < -0.39 is 0 Å². The molecule has 0 spiro atoms. The Morgan fingerprint density at radius 3 is 2.89 bits per heavy atom. The number of ether oxygens (including phenoxy) is 2. The van der Waals surface area contributed by atoms with Crippen LogP contribution in [0.1, 0.15) is 17.2 Å². The second-order valence-corrected chi connectivity index (χ2v) is 7.67. The minimum absolute atomic E-state index is 0.00672. The van der Waals surface area contributed by atoms with Gasteiger partial charge in [-0.1, -0.05) is 40.2 Å². The van der Waals surface area contributed by atoms with Crippen molar-refractivity contribution in [3.63, 3.8) is 0 Å². The maximum atomic E-state index is 12.7. The van der Waals surface area contributed by atoms with Gasteiger partial charge in [-0.15, -0.1) is 0 Å². The number of benzene rings is 2. The number of halogens is 1. The molecule has 1 aliphatic rings. The summed E-state index contributed by atoms with van der Waals surface area (Å²) in [6.45, 7) is 3.08. The molecule has 0 radical (unpaired) electrons. The SMILES string of the molecule is COc1cccc(CN(C)C(=O)CN2CCOC(c3cccc(Br)c3)C2)c1. The minimum atomic E-state index is -0.00672. The third kappa shape index (κ3) is 5.54. The van der Waals surface area contributed by atoms with E-state index in [0.717, 1.165) is 34.4 Å². The monoisotopic (exact) mass is 432 g/mol. The molecule has 0 aliphatic carbocycles. The number of methoxy groups -OCH3 is 1. The van der Waals surface area contributed by atoms with Crippen molar-refractivity contribution >= 4 is 21.8 Å². The minimum Gasteiger partial charge on any atom is -0.497 e. The summed E-state index contributed by atoms with van der Waals surface area (Å²) in [5.41, 5.74) is 2.19. The largest absolute Gasteiger partial charge is 0.497 e. The molecule has 6 heteroatoms. The first-order valence-corrected chi connectivity index (χ1v) is 9.81. The number of nitrogens with zero attached hydrogens (tertiary/aromatic N) is 2. The van der Waals surface area contributed by atoms with Crippen LogP contribution in [0, 0.1) is 0 Å². The van der Waals surface area contributed by atoms with E-state index in [0.29, 0.717) is 19.7 Å². The van der Waals surface area contributed by atoms with Gasteiger partial charge in [-0.25, -0.2) is 0 Å². The molecule has 1 aliphatic heterocycles. The van der Waals surface area contributed by atoms with Gasteiger partial charge in [-0.3, -0.25) is 9.69 Å². The Morgan fingerprint density at radius 1 is 1.30 bits per heavy atom. The molecule has 0 N–H and O–H groups in total. The molecule has 1 unspecified atom stereocenters. The van der Waals surface area contributed by atoms with Crippen molar-refractivity contribution in [3.05, 3.63) is 64.1 Å². The average molecular weight is 433 g/mol. The molecule has 144 valence electrons. The third-order valence-corrected chi connectivity index (χ3v) is 5.20. The second kappa shape index (κ2) is 9.35. The highest BCUT2D eigenvalue weighted by atomic mass is 79.9. The van der Waals surface area contributed by atoms with Crippen LogP contribution < -0.4 is 4.74 Å². The number of likely N-dealkylation sites (N-methyl/N-ethyl adjacent to an activating group) is 1. The lowest BCUT2D eigenvalue weighted by Crippen LogP contribution is -2.44. The van der Waals surface area contributed by atoms with Crippen LogP contribution in [-0.2, 0) is 16.1 Å². The van der Waals surface area contributed by atoms with Crippen LogP contribution in [0.3, 0.4) is 0 Å². The van der Waals surface area contributed by atoms with Gasteiger partial charge in [-0.05, 0) is 35.4 Å². The Labute approximate surface area is 169 Å². The topological polar surface area (TPSA) is 42.0 Å².